The van der Waals surface area contributed by atoms with Crippen LogP contribution >= 0.6 is 0 Å². The maximum atomic E-state index is 14.8. The average Bonchev–Trinajstić information content (AvgIpc) is 4.22. The molecule has 0 bridgehead atoms. The minimum Gasteiger partial charge on any atom is -0.508 e. The smallest absolute Gasteiger partial charge is 0.328 e. The van der Waals surface area contributed by atoms with Crippen molar-refractivity contribution in [2.45, 2.75) is 165 Å². The van der Waals surface area contributed by atoms with Gasteiger partial charge in [-0.2, -0.15) is 0 Å². The molecule has 2 aromatic carbocycles. The highest BCUT2D eigenvalue weighted by molar-refractivity contribution is 5.99. The minimum absolute atomic E-state index is 0.0182. The van der Waals surface area contributed by atoms with Crippen LogP contribution in [-0.4, -0.2) is 185 Å². The predicted octanol–water partition coefficient (Wildman–Crippen LogP) is -2.10. The van der Waals surface area contributed by atoms with Crippen LogP contribution in [0.4, 0.5) is 0 Å². The van der Waals surface area contributed by atoms with E-state index >= 15 is 0 Å². The Morgan fingerprint density at radius 1 is 0.630 bits per heavy atom. The Bertz CT molecular complexity index is 2770. The van der Waals surface area contributed by atoms with Gasteiger partial charge in [-0.3, -0.25) is 47.9 Å². The van der Waals surface area contributed by atoms with Crippen molar-refractivity contribution in [3.63, 3.8) is 0 Å². The Morgan fingerprint density at radius 3 is 1.72 bits per heavy atom. The molecule has 27 heteroatoms. The molecule has 442 valence electrons. The number of aliphatic hydroxyl groups is 2. The molecule has 2 aliphatic heterocycles. The van der Waals surface area contributed by atoms with E-state index in [9.17, 15) is 78.3 Å². The zero-order valence-corrected chi connectivity index (χ0v) is 45.6. The van der Waals surface area contributed by atoms with Crippen LogP contribution in [0.5, 0.6) is 5.75 Å². The van der Waals surface area contributed by atoms with Crippen LogP contribution in [0.3, 0.4) is 0 Å². The third kappa shape index (κ3) is 17.9. The molecule has 16 N–H and O–H groups in total. The lowest BCUT2D eigenvalue weighted by Crippen LogP contribution is -2.62. The molecule has 0 radical (unpaired) electrons. The number of nitrogens with zero attached hydrogens (tertiary/aromatic N) is 2. The predicted molar refractivity (Wildman–Crippen MR) is 289 cm³/mol. The normalized spacial score (nSPS) is 18.5. The van der Waals surface area contributed by atoms with E-state index in [0.29, 0.717) is 28.5 Å². The van der Waals surface area contributed by atoms with E-state index in [0.717, 1.165) is 11.8 Å². The molecule has 5 rings (SSSR count). The fourth-order valence-corrected chi connectivity index (χ4v) is 9.88. The van der Waals surface area contributed by atoms with Crippen molar-refractivity contribution in [2.75, 3.05) is 13.1 Å². The second-order valence-electron chi connectivity index (χ2n) is 21.0. The number of phenolic OH excluding ortho intramolecular Hbond substituents is 1. The van der Waals surface area contributed by atoms with Crippen molar-refractivity contribution in [1.29, 1.82) is 0 Å². The van der Waals surface area contributed by atoms with Gasteiger partial charge in [-0.25, -0.2) is 4.79 Å². The van der Waals surface area contributed by atoms with E-state index in [1.807, 2.05) is 13.8 Å². The number of aromatic hydroxyl groups is 1. The van der Waals surface area contributed by atoms with E-state index in [4.69, 9.17) is 11.5 Å². The fourth-order valence-electron chi connectivity index (χ4n) is 9.88. The summed E-state index contributed by atoms with van der Waals surface area (Å²) in [5.41, 5.74) is 13.1. The third-order valence-corrected chi connectivity index (χ3v) is 14.1. The Labute approximate surface area is 466 Å². The average molecular weight is 1130 g/mol. The maximum Gasteiger partial charge on any atom is 0.328 e. The summed E-state index contributed by atoms with van der Waals surface area (Å²) in [6.45, 7) is 5.99. The summed E-state index contributed by atoms with van der Waals surface area (Å²) in [5.74, 6) is -10.9. The topological polar surface area (TPSA) is 435 Å². The molecule has 0 spiro atoms. The number of nitrogens with one attached hydrogen (secondary N) is 7. The number of likely N-dealkylation sites (tertiary alicyclic amines) is 2. The molecule has 0 aliphatic carbocycles. The number of aliphatic carboxylic acids is 2. The summed E-state index contributed by atoms with van der Waals surface area (Å²) in [5, 5.41) is 66.2. The second kappa shape index (κ2) is 29.3. The number of primary amides is 1. The van der Waals surface area contributed by atoms with Crippen molar-refractivity contribution < 1.29 is 78.3 Å². The largest absolute Gasteiger partial charge is 0.508 e. The quantitative estimate of drug-likeness (QED) is 0.0354. The van der Waals surface area contributed by atoms with E-state index in [1.54, 1.807) is 30.5 Å². The molecular formula is C54H75N11O16. The van der Waals surface area contributed by atoms with Crippen LogP contribution in [0, 0.1) is 5.92 Å². The first-order valence-electron chi connectivity index (χ1n) is 26.9. The van der Waals surface area contributed by atoms with Gasteiger partial charge < -0.3 is 83.7 Å². The molecule has 0 unspecified atom stereocenters. The Morgan fingerprint density at radius 2 is 1.16 bits per heavy atom. The lowest BCUT2D eigenvalue weighted by molar-refractivity contribution is -0.145. The van der Waals surface area contributed by atoms with Gasteiger partial charge in [0, 0.05) is 55.9 Å². The number of carbonyl (C=O) groups is 11. The molecular weight excluding hydrogens is 1060 g/mol. The molecule has 3 aromatic rings. The Hall–Kier alpha value is -8.17. The number of carboxylic acids is 2. The van der Waals surface area contributed by atoms with Crippen LogP contribution in [0.1, 0.15) is 96.6 Å². The first-order valence-corrected chi connectivity index (χ1v) is 26.9. The molecule has 9 amide bonds. The molecule has 2 aliphatic rings. The lowest BCUT2D eigenvalue weighted by atomic mass is 10.0. The van der Waals surface area contributed by atoms with E-state index < -0.39 is 145 Å². The number of aliphatic hydroxyl groups excluding tert-OH is 2. The second-order valence-corrected chi connectivity index (χ2v) is 21.0. The lowest BCUT2D eigenvalue weighted by Gasteiger charge is -2.32. The van der Waals surface area contributed by atoms with Crippen LogP contribution in [0.2, 0.25) is 0 Å². The number of para-hydroxylation sites is 1. The molecule has 2 fully saturated rings. The highest BCUT2D eigenvalue weighted by Crippen LogP contribution is 2.24. The van der Waals surface area contributed by atoms with Crippen molar-refractivity contribution in [2.24, 2.45) is 17.4 Å². The zero-order valence-electron chi connectivity index (χ0n) is 45.6. The summed E-state index contributed by atoms with van der Waals surface area (Å²) < 4.78 is 0. The first-order chi connectivity index (χ1) is 38.2. The number of H-pyrrole nitrogens is 1. The number of nitrogens with two attached hydrogens (primary N) is 2. The standard InChI is InChI=1S/C54H75N11O16/c1-27(2)23-34(55)46(72)59-37(17-19-42(56)69)52(78)64-21-7-11-40(64)49(75)58-36(18-20-43(70)71)47(73)62-44(28(3)66)51(77)61-39(24-30-13-15-32(68)16-14-30)53(79)65-22-8-12-41(65)50(76)60-38(48(74)63-45(29(4)67)54(80)81)25-31-26-57-35-10-6-5-9-33(31)35/h5-6,9-10,13-16,26-29,34,36-41,44-45,57,66-68H,7-8,11-12,17-25,55H2,1-4H3,(H2,56,69)(H,58,75)(H,59,72)(H,60,76)(H,61,77)(H,62,73)(H,63,74)(H,70,71)(H,80,81)/t28-,29-,34+,36+,37+,38+,39+,40+,41+,44+,45+/m1/s1. The number of aromatic amines is 1. The van der Waals surface area contributed by atoms with Crippen LogP contribution < -0.4 is 43.4 Å². The zero-order chi connectivity index (χ0) is 59.8. The minimum atomic E-state index is -1.88. The Balaban J connectivity index is 1.36. The number of hydrogen-bond donors (Lipinski definition) is 14. The van der Waals surface area contributed by atoms with Gasteiger partial charge in [-0.05, 0) is 94.0 Å². The fraction of sp³-hybridized carbons (Fsp3) is 0.537. The highest BCUT2D eigenvalue weighted by Gasteiger charge is 2.43. The van der Waals surface area contributed by atoms with Crippen molar-refractivity contribution in [3.8, 4) is 5.75 Å². The van der Waals surface area contributed by atoms with Gasteiger partial charge in [0.15, 0.2) is 6.04 Å². The van der Waals surface area contributed by atoms with Crippen molar-refractivity contribution in [1.82, 2.24) is 46.7 Å². The molecule has 3 heterocycles. The van der Waals surface area contributed by atoms with Gasteiger partial charge in [-0.1, -0.05) is 44.2 Å². The van der Waals surface area contributed by atoms with Gasteiger partial charge in [0.05, 0.1) is 18.2 Å². The summed E-state index contributed by atoms with van der Waals surface area (Å²) in [4.78, 5) is 154. The van der Waals surface area contributed by atoms with Gasteiger partial charge in [-0.15, -0.1) is 0 Å². The van der Waals surface area contributed by atoms with Crippen LogP contribution in [0.25, 0.3) is 10.9 Å². The van der Waals surface area contributed by atoms with Crippen LogP contribution in [0.15, 0.2) is 54.7 Å². The number of hydrogen-bond acceptors (Lipinski definition) is 15. The number of benzene rings is 2. The SMILES string of the molecule is CC(C)C[C@H](N)C(=O)N[C@@H](CCC(N)=O)C(=O)N1CCC[C@H]1C(=O)N[C@@H](CCC(=O)O)C(=O)N[C@H](C(=O)N[C@@H](Cc1ccc(O)cc1)C(=O)N1CCC[C@H]1C(=O)N[C@@H](Cc1c[nH]c2ccccc12)C(=O)N[C@H](C(=O)O)[C@@H](C)O)[C@@H](C)O. The molecule has 27 nitrogen and oxygen atoms in total. The summed E-state index contributed by atoms with van der Waals surface area (Å²) in [7, 11) is 0. The van der Waals surface area contributed by atoms with Crippen LogP contribution in [-0.2, 0) is 65.6 Å². The number of aromatic nitrogens is 1. The van der Waals surface area contributed by atoms with Gasteiger partial charge in [0.1, 0.15) is 48.0 Å². The molecule has 11 atom stereocenters. The number of amides is 9. The Kier molecular flexibility index (Phi) is 23.1. The van der Waals surface area contributed by atoms with E-state index in [1.165, 1.54) is 36.1 Å². The van der Waals surface area contributed by atoms with E-state index in [-0.39, 0.29) is 76.1 Å². The summed E-state index contributed by atoms with van der Waals surface area (Å²) in [6.07, 6.45) is -2.82. The third-order valence-electron chi connectivity index (χ3n) is 14.1. The van der Waals surface area contributed by atoms with Crippen molar-refractivity contribution in [3.05, 3.63) is 65.9 Å². The van der Waals surface area contributed by atoms with Crippen molar-refractivity contribution >= 4 is 76.0 Å². The number of carbonyl (C=O) groups excluding carboxylic acids is 9. The molecule has 81 heavy (non-hydrogen) atoms. The number of fused-ring (bicyclic) bond motifs is 1. The molecule has 2 saturated heterocycles. The van der Waals surface area contributed by atoms with Gasteiger partial charge in [0.25, 0.3) is 0 Å². The number of phenols is 1. The monoisotopic (exact) mass is 1130 g/mol. The summed E-state index contributed by atoms with van der Waals surface area (Å²) >= 11 is 0. The number of rotatable bonds is 29. The van der Waals surface area contributed by atoms with Gasteiger partial charge in [0.2, 0.25) is 53.2 Å². The molecule has 1 aromatic heterocycles. The summed E-state index contributed by atoms with van der Waals surface area (Å²) in [6, 6.07) is -0.454. The maximum absolute atomic E-state index is 14.8. The first kappa shape index (κ1) is 63.7. The molecule has 0 saturated carbocycles. The number of carboxylic acid groups (broad SMARTS) is 2. The van der Waals surface area contributed by atoms with Gasteiger partial charge >= 0.3 is 11.9 Å². The van der Waals surface area contributed by atoms with E-state index in [2.05, 4.69) is 36.9 Å². The highest BCUT2D eigenvalue weighted by atomic mass is 16.4.